The van der Waals surface area contributed by atoms with Crippen molar-refractivity contribution < 1.29 is 9.53 Å². The zero-order valence-corrected chi connectivity index (χ0v) is 10.4. The van der Waals surface area contributed by atoms with E-state index in [1.54, 1.807) is 0 Å². The Kier molecular flexibility index (Phi) is 2.86. The predicted molar refractivity (Wildman–Crippen MR) is 62.1 cm³/mol. The van der Waals surface area contributed by atoms with Crippen molar-refractivity contribution in [1.29, 1.82) is 0 Å². The Bertz CT molecular complexity index is 285. The maximum absolute atomic E-state index is 12.1. The van der Waals surface area contributed by atoms with Crippen LogP contribution in [-0.2, 0) is 4.74 Å². The molecule has 1 amide bonds. The third-order valence-corrected chi connectivity index (χ3v) is 3.48. The quantitative estimate of drug-likeness (QED) is 0.686. The lowest BCUT2D eigenvalue weighted by Crippen LogP contribution is -2.54. The van der Waals surface area contributed by atoms with Crippen molar-refractivity contribution in [2.75, 3.05) is 0 Å². The second-order valence-electron chi connectivity index (χ2n) is 5.93. The molecule has 3 atom stereocenters. The third kappa shape index (κ3) is 2.17. The van der Waals surface area contributed by atoms with Crippen LogP contribution in [0.15, 0.2) is 0 Å². The summed E-state index contributed by atoms with van der Waals surface area (Å²) in [5, 5.41) is 0. The molecule has 0 aliphatic carbocycles. The third-order valence-electron chi connectivity index (χ3n) is 3.48. The van der Waals surface area contributed by atoms with E-state index in [0.29, 0.717) is 6.04 Å². The molecular formula is C12H22N2O2. The molecule has 92 valence electrons. The van der Waals surface area contributed by atoms with Gasteiger partial charge in [0.25, 0.3) is 0 Å². The first-order valence-corrected chi connectivity index (χ1v) is 6.15. The maximum Gasteiger partial charge on any atom is 0.410 e. The van der Waals surface area contributed by atoms with E-state index in [4.69, 9.17) is 10.5 Å². The minimum atomic E-state index is -0.419. The summed E-state index contributed by atoms with van der Waals surface area (Å²) in [6, 6.07) is 0.694. The fourth-order valence-electron chi connectivity index (χ4n) is 2.79. The molecule has 0 aromatic heterocycles. The Balaban J connectivity index is 2.07. The topological polar surface area (TPSA) is 55.6 Å². The highest BCUT2D eigenvalue weighted by molar-refractivity contribution is 5.69. The van der Waals surface area contributed by atoms with Crippen LogP contribution in [0.2, 0.25) is 0 Å². The molecule has 2 aliphatic heterocycles. The summed E-state index contributed by atoms with van der Waals surface area (Å²) in [5.41, 5.74) is 5.64. The van der Waals surface area contributed by atoms with E-state index in [2.05, 4.69) is 0 Å². The first-order chi connectivity index (χ1) is 7.38. The van der Waals surface area contributed by atoms with Gasteiger partial charge in [-0.1, -0.05) is 0 Å². The van der Waals surface area contributed by atoms with Gasteiger partial charge < -0.3 is 15.4 Å². The lowest BCUT2D eigenvalue weighted by Gasteiger charge is -2.39. The fraction of sp³-hybridized carbons (Fsp3) is 0.917. The molecule has 4 heteroatoms. The Labute approximate surface area is 97.1 Å². The second kappa shape index (κ2) is 3.91. The van der Waals surface area contributed by atoms with Gasteiger partial charge in [0.15, 0.2) is 0 Å². The number of piperidine rings is 1. The Morgan fingerprint density at radius 1 is 1.25 bits per heavy atom. The van der Waals surface area contributed by atoms with Crippen molar-refractivity contribution in [3.05, 3.63) is 0 Å². The zero-order valence-electron chi connectivity index (χ0n) is 10.4. The summed E-state index contributed by atoms with van der Waals surface area (Å²) in [5.74, 6) is 0. The van der Waals surface area contributed by atoms with Gasteiger partial charge in [0.2, 0.25) is 0 Å². The van der Waals surface area contributed by atoms with Crippen LogP contribution in [0.25, 0.3) is 0 Å². The molecule has 2 N–H and O–H groups in total. The minimum Gasteiger partial charge on any atom is -0.444 e. The number of rotatable bonds is 0. The van der Waals surface area contributed by atoms with E-state index in [1.165, 1.54) is 0 Å². The monoisotopic (exact) mass is 226 g/mol. The van der Waals surface area contributed by atoms with Crippen LogP contribution < -0.4 is 5.73 Å². The maximum atomic E-state index is 12.1. The molecule has 2 fully saturated rings. The summed E-state index contributed by atoms with van der Waals surface area (Å²) < 4.78 is 5.44. The van der Waals surface area contributed by atoms with Crippen molar-refractivity contribution >= 4 is 6.09 Å². The van der Waals surface area contributed by atoms with Gasteiger partial charge in [0.1, 0.15) is 5.60 Å². The molecule has 2 bridgehead atoms. The molecule has 2 saturated heterocycles. The Morgan fingerprint density at radius 2 is 1.88 bits per heavy atom. The van der Waals surface area contributed by atoms with Crippen molar-refractivity contribution in [1.82, 2.24) is 4.90 Å². The van der Waals surface area contributed by atoms with Gasteiger partial charge in [-0.25, -0.2) is 4.79 Å². The average molecular weight is 226 g/mol. The van der Waals surface area contributed by atoms with Gasteiger partial charge in [-0.05, 0) is 46.5 Å². The number of hydrogen-bond donors (Lipinski definition) is 1. The molecule has 2 rings (SSSR count). The van der Waals surface area contributed by atoms with Crippen LogP contribution in [0, 0.1) is 0 Å². The molecule has 4 nitrogen and oxygen atoms in total. The number of amides is 1. The van der Waals surface area contributed by atoms with Crippen molar-refractivity contribution in [3.63, 3.8) is 0 Å². The normalized spacial score (nSPS) is 34.0. The molecule has 0 aromatic rings. The van der Waals surface area contributed by atoms with Crippen LogP contribution in [0.1, 0.15) is 46.5 Å². The van der Waals surface area contributed by atoms with Gasteiger partial charge in [0.05, 0.1) is 6.04 Å². The van der Waals surface area contributed by atoms with Gasteiger partial charge in [0, 0.05) is 12.1 Å². The van der Waals surface area contributed by atoms with E-state index in [9.17, 15) is 4.79 Å². The smallest absolute Gasteiger partial charge is 0.410 e. The van der Waals surface area contributed by atoms with E-state index >= 15 is 0 Å². The van der Waals surface area contributed by atoms with E-state index in [-0.39, 0.29) is 18.2 Å². The summed E-state index contributed by atoms with van der Waals surface area (Å²) in [4.78, 5) is 14.0. The summed E-state index contributed by atoms with van der Waals surface area (Å²) >= 11 is 0. The highest BCUT2D eigenvalue weighted by atomic mass is 16.6. The molecule has 16 heavy (non-hydrogen) atoms. The van der Waals surface area contributed by atoms with E-state index in [0.717, 1.165) is 25.7 Å². The first-order valence-electron chi connectivity index (χ1n) is 6.15. The molecular weight excluding hydrogens is 204 g/mol. The molecule has 2 heterocycles. The SMILES string of the molecule is CC(C)(C)OC(=O)N1[C@H]2CC[C@@H](N)[C@H]1CC2. The van der Waals surface area contributed by atoms with Crippen LogP contribution in [0.4, 0.5) is 4.79 Å². The highest BCUT2D eigenvalue weighted by Crippen LogP contribution is 2.35. The number of hydrogen-bond acceptors (Lipinski definition) is 3. The van der Waals surface area contributed by atoms with E-state index in [1.807, 2.05) is 25.7 Å². The van der Waals surface area contributed by atoms with Gasteiger partial charge in [-0.2, -0.15) is 0 Å². The minimum absolute atomic E-state index is 0.131. The number of fused-ring (bicyclic) bond motifs is 2. The Hall–Kier alpha value is -0.770. The fourth-order valence-corrected chi connectivity index (χ4v) is 2.79. The number of ether oxygens (including phenoxy) is 1. The predicted octanol–water partition coefficient (Wildman–Crippen LogP) is 1.88. The average Bonchev–Trinajstić information content (AvgIpc) is 2.46. The molecule has 0 spiro atoms. The molecule has 0 radical (unpaired) electrons. The Morgan fingerprint density at radius 3 is 2.50 bits per heavy atom. The molecule has 0 unspecified atom stereocenters. The zero-order chi connectivity index (χ0) is 11.9. The van der Waals surface area contributed by atoms with Gasteiger partial charge in [-0.15, -0.1) is 0 Å². The van der Waals surface area contributed by atoms with Crippen molar-refractivity contribution in [2.24, 2.45) is 5.73 Å². The highest BCUT2D eigenvalue weighted by Gasteiger charge is 2.44. The number of nitrogens with two attached hydrogens (primary N) is 1. The number of nitrogens with zero attached hydrogens (tertiary/aromatic N) is 1. The van der Waals surface area contributed by atoms with Crippen molar-refractivity contribution in [3.8, 4) is 0 Å². The largest absolute Gasteiger partial charge is 0.444 e. The number of carbonyl (C=O) groups excluding carboxylic acids is 1. The summed E-state index contributed by atoms with van der Waals surface area (Å²) in [6.45, 7) is 5.70. The molecule has 0 saturated carbocycles. The number of carbonyl (C=O) groups is 1. The van der Waals surface area contributed by atoms with Crippen LogP contribution >= 0.6 is 0 Å². The van der Waals surface area contributed by atoms with Crippen LogP contribution in [0.5, 0.6) is 0 Å². The van der Waals surface area contributed by atoms with Crippen molar-refractivity contribution in [2.45, 2.75) is 70.2 Å². The molecule has 0 aromatic carbocycles. The van der Waals surface area contributed by atoms with E-state index < -0.39 is 5.60 Å². The standard InChI is InChI=1S/C12H22N2O2/c1-12(2,3)16-11(15)14-8-4-6-9(13)10(14)7-5-8/h8-10H,4-7,13H2,1-3H3/t8-,9+,10+/m0/s1. The molecule has 2 aliphatic rings. The summed E-state index contributed by atoms with van der Waals surface area (Å²) in [7, 11) is 0. The van der Waals surface area contributed by atoms with Crippen LogP contribution in [-0.4, -0.2) is 34.7 Å². The second-order valence-corrected chi connectivity index (χ2v) is 5.93. The van der Waals surface area contributed by atoms with Crippen LogP contribution in [0.3, 0.4) is 0 Å². The van der Waals surface area contributed by atoms with Gasteiger partial charge >= 0.3 is 6.09 Å². The first kappa shape index (κ1) is 11.7. The van der Waals surface area contributed by atoms with Gasteiger partial charge in [-0.3, -0.25) is 0 Å². The lowest BCUT2D eigenvalue weighted by molar-refractivity contribution is 0.00505. The lowest BCUT2D eigenvalue weighted by atomic mass is 9.99. The summed E-state index contributed by atoms with van der Waals surface area (Å²) in [6.07, 6.45) is 3.99.